The smallest absolute Gasteiger partial charge is 0.331 e. The lowest BCUT2D eigenvalue weighted by atomic mass is 9.75. The number of rotatable bonds is 4. The highest BCUT2D eigenvalue weighted by atomic mass is 19.1. The van der Waals surface area contributed by atoms with Gasteiger partial charge in [0.1, 0.15) is 11.6 Å². The van der Waals surface area contributed by atoms with Gasteiger partial charge in [0.2, 0.25) is 11.8 Å². The van der Waals surface area contributed by atoms with Crippen LogP contribution in [0, 0.1) is 17.7 Å². The average molecular weight is 460 g/mol. The molecule has 2 amide bonds. The number of hydrogen-bond donors (Lipinski definition) is 2. The van der Waals surface area contributed by atoms with E-state index in [1.54, 1.807) is 42.5 Å². The van der Waals surface area contributed by atoms with Crippen molar-refractivity contribution in [3.8, 4) is 5.75 Å². The normalized spacial score (nSPS) is 25.9. The predicted molar refractivity (Wildman–Crippen MR) is 120 cm³/mol. The van der Waals surface area contributed by atoms with Gasteiger partial charge in [0, 0.05) is 6.04 Å². The molecule has 2 saturated heterocycles. The van der Waals surface area contributed by atoms with E-state index in [0.717, 1.165) is 4.90 Å². The standard InChI is InChI=1S/C26H21FN2O5/c1-34-25(33)26(16-5-3-2-4-6-16)21-20(22(28-26)15-7-13-19(30)14-8-15)23(31)29(24(21)32)18-11-9-17(27)10-12-18/h2-14,20-22,28,30H,1H3/t20-,21-,22-,26+/m0/s1. The van der Waals surface area contributed by atoms with Gasteiger partial charge in [-0.25, -0.2) is 14.1 Å². The molecule has 0 unspecified atom stereocenters. The van der Waals surface area contributed by atoms with E-state index in [0.29, 0.717) is 11.1 Å². The quantitative estimate of drug-likeness (QED) is 0.459. The van der Waals surface area contributed by atoms with Gasteiger partial charge in [0.05, 0.1) is 24.6 Å². The zero-order valence-corrected chi connectivity index (χ0v) is 18.1. The van der Waals surface area contributed by atoms with Gasteiger partial charge < -0.3 is 9.84 Å². The van der Waals surface area contributed by atoms with Crippen molar-refractivity contribution in [2.45, 2.75) is 11.6 Å². The van der Waals surface area contributed by atoms with Gasteiger partial charge in [-0.3, -0.25) is 14.9 Å². The highest BCUT2D eigenvalue weighted by Crippen LogP contribution is 2.54. The molecule has 0 aliphatic carbocycles. The van der Waals surface area contributed by atoms with Crippen molar-refractivity contribution < 1.29 is 28.6 Å². The summed E-state index contributed by atoms with van der Waals surface area (Å²) in [5.41, 5.74) is -0.302. The Kier molecular flexibility index (Phi) is 5.17. The third kappa shape index (κ3) is 3.10. The molecule has 2 fully saturated rings. The molecule has 34 heavy (non-hydrogen) atoms. The monoisotopic (exact) mass is 460 g/mol. The summed E-state index contributed by atoms with van der Waals surface area (Å²) in [4.78, 5) is 42.0. The van der Waals surface area contributed by atoms with Crippen molar-refractivity contribution in [2.24, 2.45) is 11.8 Å². The number of esters is 1. The highest BCUT2D eigenvalue weighted by Gasteiger charge is 2.69. The number of ether oxygens (including phenoxy) is 1. The van der Waals surface area contributed by atoms with Crippen molar-refractivity contribution in [3.63, 3.8) is 0 Å². The summed E-state index contributed by atoms with van der Waals surface area (Å²) < 4.78 is 18.7. The molecule has 2 heterocycles. The number of phenolic OH excluding ortho intramolecular Hbond substituents is 1. The molecule has 2 aliphatic rings. The van der Waals surface area contributed by atoms with Crippen molar-refractivity contribution in [1.82, 2.24) is 5.32 Å². The Labute approximate surface area is 194 Å². The Morgan fingerprint density at radius 3 is 2.24 bits per heavy atom. The number of imide groups is 1. The number of hydrogen-bond acceptors (Lipinski definition) is 6. The van der Waals surface area contributed by atoms with Crippen LogP contribution < -0.4 is 10.2 Å². The van der Waals surface area contributed by atoms with Crippen LogP contribution in [0.3, 0.4) is 0 Å². The molecule has 2 N–H and O–H groups in total. The Morgan fingerprint density at radius 2 is 1.62 bits per heavy atom. The molecule has 0 saturated carbocycles. The number of phenols is 1. The second-order valence-electron chi connectivity index (χ2n) is 8.37. The fraction of sp³-hybridized carbons (Fsp3) is 0.192. The zero-order chi connectivity index (χ0) is 24.0. The number of carbonyl (C=O) groups excluding carboxylic acids is 3. The van der Waals surface area contributed by atoms with E-state index in [4.69, 9.17) is 4.74 Å². The van der Waals surface area contributed by atoms with Gasteiger partial charge in [-0.05, 0) is 47.5 Å². The summed E-state index contributed by atoms with van der Waals surface area (Å²) in [7, 11) is 1.23. The number of anilines is 1. The van der Waals surface area contributed by atoms with Crippen LogP contribution in [-0.4, -0.2) is 30.0 Å². The van der Waals surface area contributed by atoms with Crippen LogP contribution in [0.4, 0.5) is 10.1 Å². The van der Waals surface area contributed by atoms with Gasteiger partial charge >= 0.3 is 5.97 Å². The molecule has 172 valence electrons. The fourth-order valence-corrected chi connectivity index (χ4v) is 5.15. The summed E-state index contributed by atoms with van der Waals surface area (Å²) in [6, 6.07) is 19.2. The molecule has 4 atom stereocenters. The average Bonchev–Trinajstić information content (AvgIpc) is 3.35. The van der Waals surface area contributed by atoms with E-state index in [2.05, 4.69) is 5.32 Å². The van der Waals surface area contributed by atoms with Crippen LogP contribution in [0.2, 0.25) is 0 Å². The minimum atomic E-state index is -1.63. The molecular formula is C26H21FN2O5. The first kappa shape index (κ1) is 21.8. The number of fused-ring (bicyclic) bond motifs is 1. The van der Waals surface area contributed by atoms with Crippen LogP contribution in [0.5, 0.6) is 5.75 Å². The Balaban J connectivity index is 1.72. The third-order valence-electron chi connectivity index (χ3n) is 6.63. The molecule has 7 nitrogen and oxygen atoms in total. The Morgan fingerprint density at radius 1 is 0.971 bits per heavy atom. The minimum Gasteiger partial charge on any atom is -0.508 e. The number of carbonyl (C=O) groups is 3. The number of methoxy groups -OCH3 is 1. The number of nitrogens with one attached hydrogen (secondary N) is 1. The number of halogens is 1. The molecule has 5 rings (SSSR count). The lowest BCUT2D eigenvalue weighted by molar-refractivity contribution is -0.152. The number of benzene rings is 3. The van der Waals surface area contributed by atoms with E-state index in [-0.39, 0.29) is 11.4 Å². The van der Waals surface area contributed by atoms with Crippen molar-refractivity contribution >= 4 is 23.5 Å². The maximum atomic E-state index is 13.8. The van der Waals surface area contributed by atoms with E-state index in [1.165, 1.54) is 43.5 Å². The first-order valence-corrected chi connectivity index (χ1v) is 10.7. The van der Waals surface area contributed by atoms with Crippen molar-refractivity contribution in [3.05, 3.63) is 95.8 Å². The summed E-state index contributed by atoms with van der Waals surface area (Å²) in [6.45, 7) is 0. The summed E-state index contributed by atoms with van der Waals surface area (Å²) >= 11 is 0. The van der Waals surface area contributed by atoms with Gasteiger partial charge in [-0.1, -0.05) is 42.5 Å². The molecule has 8 heteroatoms. The Bertz CT molecular complexity index is 1260. The number of aromatic hydroxyl groups is 1. The lowest BCUT2D eigenvalue weighted by Crippen LogP contribution is -2.53. The van der Waals surface area contributed by atoms with Gasteiger partial charge in [-0.2, -0.15) is 0 Å². The van der Waals surface area contributed by atoms with E-state index < -0.39 is 47.0 Å². The van der Waals surface area contributed by atoms with E-state index in [1.807, 2.05) is 0 Å². The fourth-order valence-electron chi connectivity index (χ4n) is 5.15. The molecule has 0 aromatic heterocycles. The van der Waals surface area contributed by atoms with Crippen LogP contribution >= 0.6 is 0 Å². The minimum absolute atomic E-state index is 0.0438. The summed E-state index contributed by atoms with van der Waals surface area (Å²) in [5.74, 6) is -4.29. The maximum Gasteiger partial charge on any atom is 0.331 e. The third-order valence-corrected chi connectivity index (χ3v) is 6.63. The highest BCUT2D eigenvalue weighted by molar-refractivity contribution is 6.24. The van der Waals surface area contributed by atoms with Crippen molar-refractivity contribution in [2.75, 3.05) is 12.0 Å². The van der Waals surface area contributed by atoms with Crippen LogP contribution in [-0.2, 0) is 24.7 Å². The molecule has 2 aliphatic heterocycles. The van der Waals surface area contributed by atoms with Crippen molar-refractivity contribution in [1.29, 1.82) is 0 Å². The van der Waals surface area contributed by atoms with Crippen LogP contribution in [0.1, 0.15) is 17.2 Å². The number of amides is 2. The van der Waals surface area contributed by atoms with Gasteiger partial charge in [0.25, 0.3) is 0 Å². The topological polar surface area (TPSA) is 95.9 Å². The SMILES string of the molecule is COC(=O)[C@]1(c2ccccc2)N[C@@H](c2ccc(O)cc2)[C@H]2C(=O)N(c3ccc(F)cc3)C(=O)[C@H]21. The van der Waals surface area contributed by atoms with Crippen LogP contribution in [0.25, 0.3) is 0 Å². The molecule has 3 aromatic carbocycles. The van der Waals surface area contributed by atoms with Gasteiger partial charge in [-0.15, -0.1) is 0 Å². The molecular weight excluding hydrogens is 439 g/mol. The lowest BCUT2D eigenvalue weighted by Gasteiger charge is -2.33. The number of nitrogens with zero attached hydrogens (tertiary/aromatic N) is 1. The first-order chi connectivity index (χ1) is 16.4. The second kappa shape index (κ2) is 8.07. The molecule has 0 bridgehead atoms. The predicted octanol–water partition coefficient (Wildman–Crippen LogP) is 3.05. The molecule has 0 spiro atoms. The summed E-state index contributed by atoms with van der Waals surface area (Å²) in [6.07, 6.45) is 0. The van der Waals surface area contributed by atoms with E-state index in [9.17, 15) is 23.9 Å². The molecule has 0 radical (unpaired) electrons. The van der Waals surface area contributed by atoms with Crippen LogP contribution in [0.15, 0.2) is 78.9 Å². The second-order valence-corrected chi connectivity index (χ2v) is 8.37. The first-order valence-electron chi connectivity index (χ1n) is 10.7. The maximum absolute atomic E-state index is 13.8. The zero-order valence-electron chi connectivity index (χ0n) is 18.1. The molecule has 3 aromatic rings. The van der Waals surface area contributed by atoms with Gasteiger partial charge in [0.15, 0.2) is 5.54 Å². The largest absolute Gasteiger partial charge is 0.508 e. The Hall–Kier alpha value is -4.04. The summed E-state index contributed by atoms with van der Waals surface area (Å²) in [5, 5.41) is 13.0. The van der Waals surface area contributed by atoms with E-state index >= 15 is 0 Å².